The highest BCUT2D eigenvalue weighted by atomic mass is 35.5. The second-order valence-corrected chi connectivity index (χ2v) is 7.85. The van der Waals surface area contributed by atoms with Crippen LogP contribution in [0.3, 0.4) is 0 Å². The third-order valence-corrected chi connectivity index (χ3v) is 5.54. The number of morpholine rings is 1. The number of ether oxygens (including phenoxy) is 1. The molecular weight excluding hydrogens is 348 g/mol. The van der Waals surface area contributed by atoms with Gasteiger partial charge in [0.05, 0.1) is 18.1 Å². The van der Waals surface area contributed by atoms with Gasteiger partial charge in [-0.15, -0.1) is 0 Å². The number of nitrogens with one attached hydrogen (secondary N) is 1. The molecule has 7 heteroatoms. The van der Waals surface area contributed by atoms with E-state index in [4.69, 9.17) is 16.3 Å². The van der Waals surface area contributed by atoms with Crippen molar-refractivity contribution >= 4 is 33.0 Å². The van der Waals surface area contributed by atoms with E-state index in [-0.39, 0.29) is 4.90 Å². The molecule has 0 saturated carbocycles. The standard InChI is InChI=1S/C17H19ClN2O3S/c1-13-12-23-10-9-20(13)16-7-5-15(6-8-16)19-24(21,22)17-4-2-3-14(18)11-17/h2-8,11,13,19H,9-10,12H2,1H3. The highest BCUT2D eigenvalue weighted by molar-refractivity contribution is 7.92. The fraction of sp³-hybridized carbons (Fsp3) is 0.294. The Balaban J connectivity index is 1.76. The summed E-state index contributed by atoms with van der Waals surface area (Å²) >= 11 is 5.87. The molecule has 5 nitrogen and oxygen atoms in total. The zero-order valence-corrected chi connectivity index (χ0v) is 14.8. The van der Waals surface area contributed by atoms with E-state index in [0.29, 0.717) is 30.0 Å². The van der Waals surface area contributed by atoms with Crippen molar-refractivity contribution in [3.05, 3.63) is 53.6 Å². The van der Waals surface area contributed by atoms with Crippen LogP contribution in [-0.2, 0) is 14.8 Å². The van der Waals surface area contributed by atoms with Crippen LogP contribution in [0.1, 0.15) is 6.92 Å². The van der Waals surface area contributed by atoms with E-state index in [1.807, 2.05) is 12.1 Å². The molecule has 1 aliphatic rings. The molecule has 0 aromatic heterocycles. The van der Waals surface area contributed by atoms with E-state index >= 15 is 0 Å². The van der Waals surface area contributed by atoms with Gasteiger partial charge >= 0.3 is 0 Å². The fourth-order valence-corrected chi connectivity index (χ4v) is 4.04. The first-order chi connectivity index (χ1) is 11.5. The number of benzene rings is 2. The Morgan fingerprint density at radius 3 is 2.62 bits per heavy atom. The van der Waals surface area contributed by atoms with Crippen molar-refractivity contribution in [1.29, 1.82) is 0 Å². The maximum Gasteiger partial charge on any atom is 0.261 e. The minimum atomic E-state index is -3.65. The van der Waals surface area contributed by atoms with Crippen LogP contribution in [0.5, 0.6) is 0 Å². The molecule has 2 aromatic carbocycles. The van der Waals surface area contributed by atoms with Gasteiger partial charge in [0.15, 0.2) is 0 Å². The summed E-state index contributed by atoms with van der Waals surface area (Å²) in [4.78, 5) is 2.39. The molecule has 1 heterocycles. The monoisotopic (exact) mass is 366 g/mol. The third kappa shape index (κ3) is 3.83. The van der Waals surface area contributed by atoms with E-state index in [9.17, 15) is 8.42 Å². The van der Waals surface area contributed by atoms with Crippen molar-refractivity contribution in [2.24, 2.45) is 0 Å². The highest BCUT2D eigenvalue weighted by Gasteiger charge is 2.19. The van der Waals surface area contributed by atoms with E-state index in [2.05, 4.69) is 16.5 Å². The van der Waals surface area contributed by atoms with Crippen molar-refractivity contribution in [3.8, 4) is 0 Å². The number of hydrogen-bond acceptors (Lipinski definition) is 4. The van der Waals surface area contributed by atoms with Gasteiger partial charge in [0.2, 0.25) is 0 Å². The molecule has 0 radical (unpaired) electrons. The molecule has 2 aromatic rings. The van der Waals surface area contributed by atoms with Crippen molar-refractivity contribution in [2.75, 3.05) is 29.4 Å². The molecule has 1 aliphatic heterocycles. The van der Waals surface area contributed by atoms with E-state index in [1.165, 1.54) is 12.1 Å². The van der Waals surface area contributed by atoms with Crippen molar-refractivity contribution in [1.82, 2.24) is 0 Å². The zero-order valence-electron chi connectivity index (χ0n) is 13.3. The molecule has 0 bridgehead atoms. The first kappa shape index (κ1) is 17.1. The molecule has 24 heavy (non-hydrogen) atoms. The maximum atomic E-state index is 12.4. The average Bonchev–Trinajstić information content (AvgIpc) is 2.56. The van der Waals surface area contributed by atoms with Crippen molar-refractivity contribution < 1.29 is 13.2 Å². The van der Waals surface area contributed by atoms with Gasteiger partial charge in [0, 0.05) is 29.0 Å². The van der Waals surface area contributed by atoms with E-state index < -0.39 is 10.0 Å². The lowest BCUT2D eigenvalue weighted by atomic mass is 10.2. The van der Waals surface area contributed by atoms with Crippen LogP contribution in [-0.4, -0.2) is 34.2 Å². The summed E-state index contributed by atoms with van der Waals surface area (Å²) in [5, 5.41) is 0.384. The molecule has 128 valence electrons. The van der Waals surface area contributed by atoms with Crippen LogP contribution in [0.2, 0.25) is 5.02 Å². The van der Waals surface area contributed by atoms with Crippen LogP contribution in [0, 0.1) is 0 Å². The quantitative estimate of drug-likeness (QED) is 0.901. The van der Waals surface area contributed by atoms with Crippen LogP contribution in [0.15, 0.2) is 53.4 Å². The SMILES string of the molecule is CC1COCCN1c1ccc(NS(=O)(=O)c2cccc(Cl)c2)cc1. The fourth-order valence-electron chi connectivity index (χ4n) is 2.68. The summed E-state index contributed by atoms with van der Waals surface area (Å²) in [5.74, 6) is 0. The number of nitrogens with zero attached hydrogens (tertiary/aromatic N) is 1. The number of rotatable bonds is 4. The number of sulfonamides is 1. The summed E-state index contributed by atoms with van der Waals surface area (Å²) in [6, 6.07) is 13.8. The number of halogens is 1. The first-order valence-electron chi connectivity index (χ1n) is 7.68. The van der Waals surface area contributed by atoms with Gasteiger partial charge in [-0.05, 0) is 49.4 Å². The lowest BCUT2D eigenvalue weighted by Crippen LogP contribution is -2.43. The van der Waals surface area contributed by atoms with Crippen molar-refractivity contribution in [2.45, 2.75) is 17.9 Å². The Morgan fingerprint density at radius 2 is 1.96 bits per heavy atom. The lowest BCUT2D eigenvalue weighted by Gasteiger charge is -2.35. The predicted molar refractivity (Wildman–Crippen MR) is 96.3 cm³/mol. The normalized spacial score (nSPS) is 18.4. The van der Waals surface area contributed by atoms with Crippen molar-refractivity contribution in [3.63, 3.8) is 0 Å². The second kappa shape index (κ2) is 7.01. The summed E-state index contributed by atoms with van der Waals surface area (Å²) in [6.45, 7) is 4.33. The minimum absolute atomic E-state index is 0.140. The van der Waals surface area contributed by atoms with Crippen LogP contribution in [0.25, 0.3) is 0 Å². The largest absolute Gasteiger partial charge is 0.377 e. The average molecular weight is 367 g/mol. The van der Waals surface area contributed by atoms with Gasteiger partial charge in [0.25, 0.3) is 10.0 Å². The molecule has 1 N–H and O–H groups in total. The van der Waals surface area contributed by atoms with E-state index in [0.717, 1.165) is 12.2 Å². The van der Waals surface area contributed by atoms with Gasteiger partial charge < -0.3 is 9.64 Å². The zero-order chi connectivity index (χ0) is 17.2. The summed E-state index contributed by atoms with van der Waals surface area (Å²) in [7, 11) is -3.65. The third-order valence-electron chi connectivity index (χ3n) is 3.93. The molecule has 1 fully saturated rings. The molecule has 3 rings (SSSR count). The topological polar surface area (TPSA) is 58.6 Å². The Bertz CT molecular complexity index is 809. The van der Waals surface area contributed by atoms with Gasteiger partial charge in [-0.3, -0.25) is 4.72 Å². The second-order valence-electron chi connectivity index (χ2n) is 5.73. The Morgan fingerprint density at radius 1 is 1.21 bits per heavy atom. The maximum absolute atomic E-state index is 12.4. The number of hydrogen-bond donors (Lipinski definition) is 1. The lowest BCUT2D eigenvalue weighted by molar-refractivity contribution is 0.0989. The van der Waals surface area contributed by atoms with Gasteiger partial charge in [0.1, 0.15) is 0 Å². The molecule has 1 unspecified atom stereocenters. The van der Waals surface area contributed by atoms with E-state index in [1.54, 1.807) is 24.3 Å². The first-order valence-corrected chi connectivity index (χ1v) is 9.55. The summed E-state index contributed by atoms with van der Waals surface area (Å²) in [5.41, 5.74) is 1.57. The molecule has 0 amide bonds. The molecule has 0 spiro atoms. The smallest absolute Gasteiger partial charge is 0.261 e. The molecule has 0 aliphatic carbocycles. The summed E-state index contributed by atoms with van der Waals surface area (Å²) < 4.78 is 32.8. The molecule has 1 saturated heterocycles. The Kier molecular flexibility index (Phi) is 4.99. The minimum Gasteiger partial charge on any atom is -0.377 e. The van der Waals surface area contributed by atoms with Crippen LogP contribution >= 0.6 is 11.6 Å². The molecular formula is C17H19ClN2O3S. The Hall–Kier alpha value is -1.76. The van der Waals surface area contributed by atoms with Crippen LogP contribution in [0.4, 0.5) is 11.4 Å². The Labute approximate surface area is 147 Å². The predicted octanol–water partition coefficient (Wildman–Crippen LogP) is 3.37. The van der Waals surface area contributed by atoms with Crippen LogP contribution < -0.4 is 9.62 Å². The summed E-state index contributed by atoms with van der Waals surface area (Å²) in [6.07, 6.45) is 0. The molecule has 1 atom stereocenters. The van der Waals surface area contributed by atoms with Gasteiger partial charge in [-0.25, -0.2) is 8.42 Å². The highest BCUT2D eigenvalue weighted by Crippen LogP contribution is 2.24. The van der Waals surface area contributed by atoms with Gasteiger partial charge in [-0.1, -0.05) is 17.7 Å². The van der Waals surface area contributed by atoms with Gasteiger partial charge in [-0.2, -0.15) is 0 Å². The number of anilines is 2.